The van der Waals surface area contributed by atoms with E-state index >= 15 is 0 Å². The van der Waals surface area contributed by atoms with Crippen LogP contribution in [0.4, 0.5) is 26.2 Å². The van der Waals surface area contributed by atoms with Gasteiger partial charge in [-0.3, -0.25) is 4.79 Å². The number of amides is 3. The lowest BCUT2D eigenvalue weighted by Crippen LogP contribution is -2.26. The van der Waals surface area contributed by atoms with Crippen LogP contribution in [0, 0.1) is 5.82 Å². The van der Waals surface area contributed by atoms with E-state index in [9.17, 15) is 14.0 Å². The molecule has 0 spiro atoms. The van der Waals surface area contributed by atoms with E-state index in [0.717, 1.165) is 4.31 Å². The van der Waals surface area contributed by atoms with Crippen molar-refractivity contribution in [3.05, 3.63) is 89.2 Å². The Morgan fingerprint density at radius 3 is 2.07 bits per heavy atom. The van der Waals surface area contributed by atoms with Gasteiger partial charge in [-0.05, 0) is 60.7 Å². The fraction of sp³-hybridized carbons (Fsp3) is 0. The van der Waals surface area contributed by atoms with Gasteiger partial charge in [0.25, 0.3) is 5.91 Å². The Balaban J connectivity index is 1.64. The maximum Gasteiger partial charge on any atom is 0.336 e. The normalized spacial score (nSPS) is 10.2. The van der Waals surface area contributed by atoms with Gasteiger partial charge in [0.2, 0.25) is 0 Å². The van der Waals surface area contributed by atoms with E-state index in [1.807, 2.05) is 0 Å². The van der Waals surface area contributed by atoms with Crippen LogP contribution >= 0.6 is 24.4 Å². The van der Waals surface area contributed by atoms with Crippen LogP contribution < -0.4 is 14.9 Å². The van der Waals surface area contributed by atoms with Gasteiger partial charge in [-0.25, -0.2) is 13.5 Å². The zero-order valence-electron chi connectivity index (χ0n) is 14.4. The smallest absolute Gasteiger partial charge is 0.322 e. The number of nitrogens with one attached hydrogen (secondary N) is 2. The summed E-state index contributed by atoms with van der Waals surface area (Å²) < 4.78 is 14.8. The molecule has 142 valence electrons. The summed E-state index contributed by atoms with van der Waals surface area (Å²) in [6.07, 6.45) is 0. The molecule has 2 N–H and O–H groups in total. The molecule has 0 aliphatic rings. The monoisotopic (exact) mass is 415 g/mol. The van der Waals surface area contributed by atoms with Gasteiger partial charge in [0.05, 0.1) is 11.3 Å². The van der Waals surface area contributed by atoms with Crippen LogP contribution in [-0.2, 0) is 0 Å². The standard InChI is InChI=1S/C20H15ClFN3O2S/c21-13-5-7-15(8-6-13)24-20(27)25(28)16-11-9-14(10-12-16)23-19(26)17-3-1-2-4-18(17)22/h1-12,28H,(H,23,26)(H,24,27). The van der Waals surface area contributed by atoms with Crippen LogP contribution in [0.5, 0.6) is 0 Å². The SMILES string of the molecule is O=C(Nc1ccc(N(S)C(=O)Nc2ccc(Cl)cc2)cc1)c1ccccc1F. The number of urea groups is 1. The highest BCUT2D eigenvalue weighted by molar-refractivity contribution is 7.82. The van der Waals surface area contributed by atoms with Crippen molar-refractivity contribution in [1.29, 1.82) is 0 Å². The second-order valence-corrected chi connectivity index (χ2v) is 6.57. The first kappa shape index (κ1) is 19.7. The third-order valence-electron chi connectivity index (χ3n) is 3.78. The molecule has 0 aliphatic carbocycles. The minimum Gasteiger partial charge on any atom is -0.322 e. The first-order valence-corrected chi connectivity index (χ1v) is 8.93. The molecule has 3 rings (SSSR count). The number of benzene rings is 3. The average molecular weight is 416 g/mol. The molecular weight excluding hydrogens is 401 g/mol. The summed E-state index contributed by atoms with van der Waals surface area (Å²) in [5.74, 6) is -1.16. The van der Waals surface area contributed by atoms with Crippen LogP contribution in [0.25, 0.3) is 0 Å². The Morgan fingerprint density at radius 1 is 0.857 bits per heavy atom. The third-order valence-corrected chi connectivity index (χ3v) is 4.44. The molecule has 3 aromatic carbocycles. The van der Waals surface area contributed by atoms with Crippen molar-refractivity contribution >= 4 is 53.4 Å². The van der Waals surface area contributed by atoms with Crippen LogP contribution in [-0.4, -0.2) is 11.9 Å². The zero-order chi connectivity index (χ0) is 20.1. The Bertz CT molecular complexity index is 997. The van der Waals surface area contributed by atoms with Crippen molar-refractivity contribution in [2.24, 2.45) is 0 Å². The van der Waals surface area contributed by atoms with Crippen LogP contribution in [0.3, 0.4) is 0 Å². The van der Waals surface area contributed by atoms with Crippen molar-refractivity contribution in [3.8, 4) is 0 Å². The maximum atomic E-state index is 13.7. The highest BCUT2D eigenvalue weighted by Gasteiger charge is 2.14. The van der Waals surface area contributed by atoms with E-state index in [4.69, 9.17) is 11.6 Å². The summed E-state index contributed by atoms with van der Waals surface area (Å²) in [6.45, 7) is 0. The van der Waals surface area contributed by atoms with E-state index in [0.29, 0.717) is 22.1 Å². The van der Waals surface area contributed by atoms with Crippen LogP contribution in [0.2, 0.25) is 5.02 Å². The Morgan fingerprint density at radius 2 is 1.43 bits per heavy atom. The van der Waals surface area contributed by atoms with E-state index in [1.54, 1.807) is 54.6 Å². The molecule has 8 heteroatoms. The minimum atomic E-state index is -0.600. The Kier molecular flexibility index (Phi) is 6.18. The molecule has 3 aromatic rings. The lowest BCUT2D eigenvalue weighted by Gasteiger charge is -2.17. The summed E-state index contributed by atoms with van der Waals surface area (Å²) in [6, 6.07) is 18.3. The lowest BCUT2D eigenvalue weighted by atomic mass is 10.2. The first-order valence-electron chi connectivity index (χ1n) is 8.15. The van der Waals surface area contributed by atoms with Crippen molar-refractivity contribution in [2.75, 3.05) is 14.9 Å². The van der Waals surface area contributed by atoms with Crippen molar-refractivity contribution < 1.29 is 14.0 Å². The van der Waals surface area contributed by atoms with E-state index < -0.39 is 17.8 Å². The number of rotatable bonds is 4. The van der Waals surface area contributed by atoms with Gasteiger partial charge in [0.1, 0.15) is 5.82 Å². The highest BCUT2D eigenvalue weighted by Crippen LogP contribution is 2.22. The first-order chi connectivity index (χ1) is 13.4. The summed E-state index contributed by atoms with van der Waals surface area (Å²) in [5, 5.41) is 5.85. The second-order valence-electron chi connectivity index (χ2n) is 5.73. The predicted octanol–water partition coefficient (Wildman–Crippen LogP) is 5.61. The molecule has 0 heterocycles. The van der Waals surface area contributed by atoms with Gasteiger partial charge in [-0.15, -0.1) is 0 Å². The number of halogens is 2. The minimum absolute atomic E-state index is 0.0512. The molecule has 0 saturated carbocycles. The summed E-state index contributed by atoms with van der Waals surface area (Å²) in [5.41, 5.74) is 1.46. The number of hydrogen-bond acceptors (Lipinski definition) is 3. The van der Waals surface area contributed by atoms with Gasteiger partial charge in [-0.1, -0.05) is 36.5 Å². The van der Waals surface area contributed by atoms with Crippen molar-refractivity contribution in [3.63, 3.8) is 0 Å². The number of thiol groups is 1. The molecule has 0 atom stereocenters. The van der Waals surface area contributed by atoms with Gasteiger partial charge in [0, 0.05) is 16.4 Å². The summed E-state index contributed by atoms with van der Waals surface area (Å²) >= 11 is 10.0. The third kappa shape index (κ3) is 4.82. The number of anilines is 3. The molecular formula is C20H15ClFN3O2S. The quantitative estimate of drug-likeness (QED) is 0.484. The van der Waals surface area contributed by atoms with Crippen molar-refractivity contribution in [2.45, 2.75) is 0 Å². The second kappa shape index (κ2) is 8.77. The zero-order valence-corrected chi connectivity index (χ0v) is 16.0. The number of nitrogens with zero attached hydrogens (tertiary/aromatic N) is 1. The summed E-state index contributed by atoms with van der Waals surface area (Å²) in [4.78, 5) is 24.4. The largest absolute Gasteiger partial charge is 0.336 e. The number of hydrogen-bond donors (Lipinski definition) is 3. The molecule has 0 unspecified atom stereocenters. The maximum absolute atomic E-state index is 13.7. The average Bonchev–Trinajstić information content (AvgIpc) is 2.70. The van der Waals surface area contributed by atoms with Crippen LogP contribution in [0.15, 0.2) is 72.8 Å². The van der Waals surface area contributed by atoms with E-state index in [1.165, 1.54) is 18.2 Å². The molecule has 0 saturated heterocycles. The van der Waals surface area contributed by atoms with Crippen LogP contribution in [0.1, 0.15) is 10.4 Å². The van der Waals surface area contributed by atoms with Gasteiger partial charge < -0.3 is 10.6 Å². The molecule has 0 aliphatic heterocycles. The molecule has 3 amide bonds. The van der Waals surface area contributed by atoms with E-state index in [2.05, 4.69) is 23.4 Å². The molecule has 0 fully saturated rings. The molecule has 0 radical (unpaired) electrons. The lowest BCUT2D eigenvalue weighted by molar-refractivity contribution is 0.102. The molecule has 0 aromatic heterocycles. The Hall–Kier alpha value is -3.03. The number of carbonyl (C=O) groups excluding carboxylic acids is 2. The molecule has 28 heavy (non-hydrogen) atoms. The number of carbonyl (C=O) groups is 2. The van der Waals surface area contributed by atoms with Gasteiger partial charge >= 0.3 is 6.03 Å². The van der Waals surface area contributed by atoms with Crippen molar-refractivity contribution in [1.82, 2.24) is 0 Å². The van der Waals surface area contributed by atoms with Gasteiger partial charge in [-0.2, -0.15) is 0 Å². The fourth-order valence-corrected chi connectivity index (χ4v) is 2.67. The molecule has 0 bridgehead atoms. The highest BCUT2D eigenvalue weighted by atomic mass is 35.5. The Labute approximate surface area is 171 Å². The van der Waals surface area contributed by atoms with E-state index in [-0.39, 0.29) is 5.56 Å². The van der Waals surface area contributed by atoms with Gasteiger partial charge in [0.15, 0.2) is 0 Å². The molecule has 5 nitrogen and oxygen atoms in total. The topological polar surface area (TPSA) is 61.4 Å². The fourth-order valence-electron chi connectivity index (χ4n) is 2.36. The predicted molar refractivity (Wildman–Crippen MR) is 113 cm³/mol. The summed E-state index contributed by atoms with van der Waals surface area (Å²) in [7, 11) is 0.